The fraction of sp³-hybridized carbons (Fsp3) is 0.769. The Morgan fingerprint density at radius 3 is 2.47 bits per heavy atom. The largest absolute Gasteiger partial charge is 0.389 e. The standard InChI is InChI=1S/C13H23BrN2O/c1-5-8-13(17,6-2)9-11-12(14)10(4)15-16(11)7-3/h17H,5-9H2,1-4H3. The molecule has 0 aromatic carbocycles. The van der Waals surface area contributed by atoms with Gasteiger partial charge in [0.15, 0.2) is 0 Å². The highest BCUT2D eigenvalue weighted by Crippen LogP contribution is 2.29. The third kappa shape index (κ3) is 3.32. The van der Waals surface area contributed by atoms with E-state index in [9.17, 15) is 5.11 Å². The molecule has 3 nitrogen and oxygen atoms in total. The highest BCUT2D eigenvalue weighted by Gasteiger charge is 2.27. The molecule has 1 atom stereocenters. The molecular formula is C13H23BrN2O. The van der Waals surface area contributed by atoms with Crippen LogP contribution in [0.25, 0.3) is 0 Å². The summed E-state index contributed by atoms with van der Waals surface area (Å²) in [6.07, 6.45) is 3.29. The highest BCUT2D eigenvalue weighted by molar-refractivity contribution is 9.10. The topological polar surface area (TPSA) is 38.1 Å². The second-order valence-corrected chi connectivity index (χ2v) is 5.46. The normalized spacial score (nSPS) is 14.9. The zero-order valence-corrected chi connectivity index (χ0v) is 12.8. The Morgan fingerprint density at radius 2 is 2.00 bits per heavy atom. The number of hydrogen-bond acceptors (Lipinski definition) is 2. The van der Waals surface area contributed by atoms with Crippen LogP contribution >= 0.6 is 15.9 Å². The van der Waals surface area contributed by atoms with E-state index in [-0.39, 0.29) is 0 Å². The maximum absolute atomic E-state index is 10.6. The fourth-order valence-corrected chi connectivity index (χ4v) is 2.63. The lowest BCUT2D eigenvalue weighted by molar-refractivity contribution is 0.0250. The Balaban J connectivity index is 3.00. The van der Waals surface area contributed by atoms with E-state index in [0.29, 0.717) is 6.42 Å². The van der Waals surface area contributed by atoms with E-state index in [0.717, 1.165) is 41.7 Å². The fourth-order valence-electron chi connectivity index (χ4n) is 2.21. The summed E-state index contributed by atoms with van der Waals surface area (Å²) < 4.78 is 3.03. The lowest BCUT2D eigenvalue weighted by Gasteiger charge is -2.26. The summed E-state index contributed by atoms with van der Waals surface area (Å²) in [5.74, 6) is 0. The second-order valence-electron chi connectivity index (χ2n) is 4.67. The number of rotatable bonds is 6. The van der Waals surface area contributed by atoms with E-state index in [4.69, 9.17) is 0 Å². The number of nitrogens with zero attached hydrogens (tertiary/aromatic N) is 2. The van der Waals surface area contributed by atoms with Gasteiger partial charge in [0, 0.05) is 13.0 Å². The van der Waals surface area contributed by atoms with Crippen molar-refractivity contribution in [2.24, 2.45) is 0 Å². The van der Waals surface area contributed by atoms with Crippen LogP contribution in [0.4, 0.5) is 0 Å². The van der Waals surface area contributed by atoms with Crippen LogP contribution < -0.4 is 0 Å². The van der Waals surface area contributed by atoms with Crippen molar-refractivity contribution in [1.82, 2.24) is 9.78 Å². The van der Waals surface area contributed by atoms with E-state index in [2.05, 4.69) is 34.9 Å². The molecule has 0 aliphatic carbocycles. The Kier molecular flexibility index (Phi) is 5.20. The van der Waals surface area contributed by atoms with Gasteiger partial charge in [-0.25, -0.2) is 0 Å². The molecule has 0 amide bonds. The molecule has 1 N–H and O–H groups in total. The van der Waals surface area contributed by atoms with Crippen molar-refractivity contribution in [1.29, 1.82) is 0 Å². The maximum Gasteiger partial charge on any atom is 0.0738 e. The third-order valence-corrected chi connectivity index (χ3v) is 4.35. The minimum atomic E-state index is -0.601. The van der Waals surface area contributed by atoms with E-state index in [1.807, 2.05) is 18.5 Å². The summed E-state index contributed by atoms with van der Waals surface area (Å²) in [5, 5.41) is 15.0. The Morgan fingerprint density at radius 1 is 1.35 bits per heavy atom. The van der Waals surface area contributed by atoms with Gasteiger partial charge in [0.1, 0.15) is 0 Å². The number of aromatic nitrogens is 2. The SMILES string of the molecule is CCCC(O)(CC)Cc1c(Br)c(C)nn1CC. The van der Waals surface area contributed by atoms with Crippen LogP contribution in [0, 0.1) is 6.92 Å². The van der Waals surface area contributed by atoms with Crippen LogP contribution in [-0.4, -0.2) is 20.5 Å². The van der Waals surface area contributed by atoms with Crippen LogP contribution in [0.15, 0.2) is 4.47 Å². The van der Waals surface area contributed by atoms with Gasteiger partial charge in [0.25, 0.3) is 0 Å². The molecule has 4 heteroatoms. The number of halogens is 1. The van der Waals surface area contributed by atoms with Gasteiger partial charge in [-0.2, -0.15) is 5.10 Å². The van der Waals surface area contributed by atoms with Crippen molar-refractivity contribution in [2.75, 3.05) is 0 Å². The monoisotopic (exact) mass is 302 g/mol. The molecule has 17 heavy (non-hydrogen) atoms. The Hall–Kier alpha value is -0.350. The number of aryl methyl sites for hydroxylation is 2. The molecule has 0 aliphatic rings. The smallest absolute Gasteiger partial charge is 0.0738 e. The van der Waals surface area contributed by atoms with E-state index >= 15 is 0 Å². The molecule has 0 saturated carbocycles. The zero-order valence-electron chi connectivity index (χ0n) is 11.3. The summed E-state index contributed by atoms with van der Waals surface area (Å²) in [4.78, 5) is 0. The van der Waals surface area contributed by atoms with Crippen LogP contribution in [0.3, 0.4) is 0 Å². The molecule has 0 bridgehead atoms. The van der Waals surface area contributed by atoms with Gasteiger partial charge in [0.2, 0.25) is 0 Å². The molecule has 0 saturated heterocycles. The predicted octanol–water partition coefficient (Wildman–Crippen LogP) is 3.46. The third-order valence-electron chi connectivity index (χ3n) is 3.32. The quantitative estimate of drug-likeness (QED) is 0.874. The lowest BCUT2D eigenvalue weighted by Crippen LogP contribution is -2.31. The summed E-state index contributed by atoms with van der Waals surface area (Å²) >= 11 is 3.58. The van der Waals surface area contributed by atoms with E-state index < -0.39 is 5.60 Å². The molecule has 0 fully saturated rings. The number of aliphatic hydroxyl groups is 1. The van der Waals surface area contributed by atoms with Gasteiger partial charge in [-0.1, -0.05) is 20.3 Å². The molecule has 1 unspecified atom stereocenters. The first-order valence-corrected chi connectivity index (χ1v) is 7.20. The van der Waals surface area contributed by atoms with Crippen molar-refractivity contribution in [3.8, 4) is 0 Å². The first-order chi connectivity index (χ1) is 7.97. The molecular weight excluding hydrogens is 280 g/mol. The van der Waals surface area contributed by atoms with Gasteiger partial charge in [-0.15, -0.1) is 0 Å². The first kappa shape index (κ1) is 14.7. The van der Waals surface area contributed by atoms with Crippen LogP contribution in [0.2, 0.25) is 0 Å². The molecule has 1 heterocycles. The van der Waals surface area contributed by atoms with Crippen molar-refractivity contribution < 1.29 is 5.11 Å². The van der Waals surface area contributed by atoms with Crippen molar-refractivity contribution >= 4 is 15.9 Å². The van der Waals surface area contributed by atoms with E-state index in [1.54, 1.807) is 0 Å². The van der Waals surface area contributed by atoms with Crippen molar-refractivity contribution in [3.63, 3.8) is 0 Å². The zero-order chi connectivity index (χ0) is 13.1. The Bertz CT molecular complexity index is 376. The molecule has 1 rings (SSSR count). The summed E-state index contributed by atoms with van der Waals surface area (Å²) in [7, 11) is 0. The number of hydrogen-bond donors (Lipinski definition) is 1. The van der Waals surface area contributed by atoms with Gasteiger partial charge >= 0.3 is 0 Å². The molecule has 0 aliphatic heterocycles. The molecule has 0 radical (unpaired) electrons. The average Bonchev–Trinajstić information content (AvgIpc) is 2.57. The van der Waals surface area contributed by atoms with Gasteiger partial charge in [-0.05, 0) is 42.6 Å². The summed E-state index contributed by atoms with van der Waals surface area (Å²) in [5.41, 5.74) is 1.51. The summed E-state index contributed by atoms with van der Waals surface area (Å²) in [6, 6.07) is 0. The second kappa shape index (κ2) is 6.01. The molecule has 1 aromatic heterocycles. The van der Waals surface area contributed by atoms with E-state index in [1.165, 1.54) is 0 Å². The minimum Gasteiger partial charge on any atom is -0.389 e. The van der Waals surface area contributed by atoms with Crippen LogP contribution in [0.1, 0.15) is 51.4 Å². The highest BCUT2D eigenvalue weighted by atomic mass is 79.9. The summed E-state index contributed by atoms with van der Waals surface area (Å²) in [6.45, 7) is 9.06. The lowest BCUT2D eigenvalue weighted by atomic mass is 9.90. The van der Waals surface area contributed by atoms with Crippen LogP contribution in [0.5, 0.6) is 0 Å². The maximum atomic E-state index is 10.6. The molecule has 98 valence electrons. The minimum absolute atomic E-state index is 0.601. The predicted molar refractivity (Wildman–Crippen MR) is 74.2 cm³/mol. The Labute approximate surface area is 112 Å². The average molecular weight is 303 g/mol. The molecule has 0 spiro atoms. The van der Waals surface area contributed by atoms with Crippen LogP contribution in [-0.2, 0) is 13.0 Å². The molecule has 1 aromatic rings. The van der Waals surface area contributed by atoms with Crippen molar-refractivity contribution in [2.45, 2.75) is 65.5 Å². The van der Waals surface area contributed by atoms with Gasteiger partial charge < -0.3 is 5.11 Å². The van der Waals surface area contributed by atoms with Crippen molar-refractivity contribution in [3.05, 3.63) is 15.9 Å². The van der Waals surface area contributed by atoms with Gasteiger partial charge in [0.05, 0.1) is 21.5 Å². The van der Waals surface area contributed by atoms with Gasteiger partial charge in [-0.3, -0.25) is 4.68 Å². The first-order valence-electron chi connectivity index (χ1n) is 6.41.